The topological polar surface area (TPSA) is 36.9 Å². The molecule has 1 saturated carbocycles. The van der Waals surface area contributed by atoms with Gasteiger partial charge in [-0.3, -0.25) is 4.99 Å². The lowest BCUT2D eigenvalue weighted by Gasteiger charge is -2.22. The molecule has 1 fully saturated rings. The van der Waals surface area contributed by atoms with Gasteiger partial charge < -0.3 is 15.0 Å². The van der Waals surface area contributed by atoms with Crippen LogP contribution in [0.4, 0.5) is 5.69 Å². The average molecular weight is 401 g/mol. The summed E-state index contributed by atoms with van der Waals surface area (Å²) in [6.45, 7) is 3.50. The van der Waals surface area contributed by atoms with Crippen molar-refractivity contribution in [1.82, 2.24) is 5.32 Å². The van der Waals surface area contributed by atoms with Gasteiger partial charge >= 0.3 is 0 Å². The summed E-state index contributed by atoms with van der Waals surface area (Å²) < 4.78 is 5.65. The third kappa shape index (κ3) is 4.32. The molecule has 1 aromatic carbocycles. The number of halogens is 1. The van der Waals surface area contributed by atoms with Gasteiger partial charge in [0.25, 0.3) is 0 Å². The van der Waals surface area contributed by atoms with Gasteiger partial charge in [0.2, 0.25) is 0 Å². The van der Waals surface area contributed by atoms with Crippen LogP contribution < -0.4 is 10.2 Å². The summed E-state index contributed by atoms with van der Waals surface area (Å²) in [5, 5.41) is 3.40. The van der Waals surface area contributed by atoms with Crippen LogP contribution >= 0.6 is 24.0 Å². The fraction of sp³-hybridized carbons (Fsp3) is 0.562. The van der Waals surface area contributed by atoms with Gasteiger partial charge in [0, 0.05) is 32.4 Å². The number of hydrogen-bond donors (Lipinski definition) is 1. The van der Waals surface area contributed by atoms with E-state index in [-0.39, 0.29) is 24.0 Å². The van der Waals surface area contributed by atoms with Crippen LogP contribution in [-0.4, -0.2) is 39.3 Å². The maximum Gasteiger partial charge on any atom is 0.198 e. The van der Waals surface area contributed by atoms with E-state index < -0.39 is 0 Å². The number of ether oxygens (including phenoxy) is 1. The molecule has 116 valence electrons. The Kier molecular flexibility index (Phi) is 6.29. The summed E-state index contributed by atoms with van der Waals surface area (Å²) in [6.07, 6.45) is 3.79. The summed E-state index contributed by atoms with van der Waals surface area (Å²) in [5.74, 6) is 1.78. The molecule has 0 atom stereocenters. The van der Waals surface area contributed by atoms with Crippen LogP contribution in [0.15, 0.2) is 29.3 Å². The Balaban J connectivity index is 0.00000161. The number of anilines is 1. The minimum atomic E-state index is 0. The molecule has 0 bridgehead atoms. The van der Waals surface area contributed by atoms with Crippen LogP contribution in [0.1, 0.15) is 18.4 Å². The van der Waals surface area contributed by atoms with Crippen LogP contribution in [0, 0.1) is 5.92 Å². The van der Waals surface area contributed by atoms with Gasteiger partial charge in [0.15, 0.2) is 5.96 Å². The van der Waals surface area contributed by atoms with E-state index in [9.17, 15) is 0 Å². The normalized spacial score (nSPS) is 17.4. The first kappa shape index (κ1) is 16.5. The van der Waals surface area contributed by atoms with Crippen molar-refractivity contribution in [3.63, 3.8) is 0 Å². The molecule has 1 aromatic rings. The highest BCUT2D eigenvalue weighted by Crippen LogP contribution is 2.29. The van der Waals surface area contributed by atoms with Crippen molar-refractivity contribution in [1.29, 1.82) is 0 Å². The van der Waals surface area contributed by atoms with Crippen LogP contribution in [0.5, 0.6) is 0 Å². The van der Waals surface area contributed by atoms with Crippen molar-refractivity contribution in [2.45, 2.75) is 19.3 Å². The van der Waals surface area contributed by atoms with Gasteiger partial charge in [-0.15, -0.1) is 24.0 Å². The van der Waals surface area contributed by atoms with Gasteiger partial charge in [-0.05, 0) is 36.8 Å². The zero-order valence-corrected chi connectivity index (χ0v) is 14.9. The van der Waals surface area contributed by atoms with E-state index in [1.807, 2.05) is 7.05 Å². The molecule has 0 unspecified atom stereocenters. The fourth-order valence-corrected chi connectivity index (χ4v) is 2.62. The van der Waals surface area contributed by atoms with E-state index in [4.69, 9.17) is 4.74 Å². The van der Waals surface area contributed by atoms with Crippen molar-refractivity contribution >= 4 is 35.6 Å². The Morgan fingerprint density at radius 1 is 1.38 bits per heavy atom. The number of benzene rings is 1. The summed E-state index contributed by atoms with van der Waals surface area (Å²) in [5.41, 5.74) is 2.68. The third-order valence-electron chi connectivity index (χ3n) is 3.93. The van der Waals surface area contributed by atoms with Crippen molar-refractivity contribution in [3.05, 3.63) is 29.8 Å². The van der Waals surface area contributed by atoms with Crippen LogP contribution in [-0.2, 0) is 11.2 Å². The Hall–Kier alpha value is -0.820. The summed E-state index contributed by atoms with van der Waals surface area (Å²) in [4.78, 5) is 6.65. The predicted octanol–water partition coefficient (Wildman–Crippen LogP) is 2.67. The number of hydrogen-bond acceptors (Lipinski definition) is 2. The number of aliphatic imine (C=N–C) groups is 1. The van der Waals surface area contributed by atoms with Crippen molar-refractivity contribution in [2.75, 3.05) is 38.3 Å². The minimum absolute atomic E-state index is 0. The summed E-state index contributed by atoms with van der Waals surface area (Å²) >= 11 is 0. The molecular formula is C16H24IN3O. The third-order valence-corrected chi connectivity index (χ3v) is 3.93. The molecule has 0 spiro atoms. The molecule has 3 rings (SSSR count). The number of para-hydroxylation sites is 1. The smallest absolute Gasteiger partial charge is 0.198 e. The minimum Gasteiger partial charge on any atom is -0.379 e. The second kappa shape index (κ2) is 7.98. The molecule has 1 aliphatic heterocycles. The van der Waals surface area contributed by atoms with Crippen LogP contribution in [0.2, 0.25) is 0 Å². The first-order valence-corrected chi connectivity index (χ1v) is 7.52. The fourth-order valence-electron chi connectivity index (χ4n) is 2.62. The van der Waals surface area contributed by atoms with E-state index in [1.165, 1.54) is 24.1 Å². The molecular weight excluding hydrogens is 377 g/mol. The molecule has 21 heavy (non-hydrogen) atoms. The highest BCUT2D eigenvalue weighted by Gasteiger charge is 2.22. The number of nitrogens with one attached hydrogen (secondary N) is 1. The highest BCUT2D eigenvalue weighted by atomic mass is 127. The van der Waals surface area contributed by atoms with Gasteiger partial charge in [-0.1, -0.05) is 18.2 Å². The first-order chi connectivity index (χ1) is 9.88. The predicted molar refractivity (Wildman–Crippen MR) is 97.8 cm³/mol. The molecule has 0 aromatic heterocycles. The lowest BCUT2D eigenvalue weighted by Crippen LogP contribution is -2.41. The van der Waals surface area contributed by atoms with Crippen LogP contribution in [0.3, 0.4) is 0 Å². The van der Waals surface area contributed by atoms with Crippen molar-refractivity contribution in [2.24, 2.45) is 10.9 Å². The Bertz CT molecular complexity index is 488. The molecule has 2 aliphatic rings. The van der Waals surface area contributed by atoms with E-state index >= 15 is 0 Å². The van der Waals surface area contributed by atoms with Crippen molar-refractivity contribution < 1.29 is 4.74 Å². The second-order valence-electron chi connectivity index (χ2n) is 5.52. The standard InChI is InChI=1S/C16H23N3O.HI/c1-17-16(18-9-11-20-12-13-6-7-13)19-10-8-14-4-2-3-5-15(14)19;/h2-5,13H,6-12H2,1H3,(H,17,18);1H. The van der Waals surface area contributed by atoms with Gasteiger partial charge in [0.05, 0.1) is 6.61 Å². The first-order valence-electron chi connectivity index (χ1n) is 7.52. The summed E-state index contributed by atoms with van der Waals surface area (Å²) in [6, 6.07) is 8.55. The SMILES string of the molecule is CN=C(NCCOCC1CC1)N1CCc2ccccc21.I. The number of guanidine groups is 1. The number of nitrogens with zero attached hydrogens (tertiary/aromatic N) is 2. The van der Waals surface area contributed by atoms with Gasteiger partial charge in [-0.25, -0.2) is 0 Å². The van der Waals surface area contributed by atoms with Crippen molar-refractivity contribution in [3.8, 4) is 0 Å². The largest absolute Gasteiger partial charge is 0.379 e. The molecule has 5 heteroatoms. The van der Waals surface area contributed by atoms with E-state index in [1.54, 1.807) is 0 Å². The monoisotopic (exact) mass is 401 g/mol. The number of fused-ring (bicyclic) bond motifs is 1. The Morgan fingerprint density at radius 3 is 2.95 bits per heavy atom. The molecule has 0 radical (unpaired) electrons. The van der Waals surface area contributed by atoms with Gasteiger partial charge in [-0.2, -0.15) is 0 Å². The average Bonchev–Trinajstić information content (AvgIpc) is 3.21. The van der Waals surface area contributed by atoms with E-state index in [2.05, 4.69) is 39.5 Å². The maximum absolute atomic E-state index is 5.65. The maximum atomic E-state index is 5.65. The second-order valence-corrected chi connectivity index (χ2v) is 5.52. The lowest BCUT2D eigenvalue weighted by molar-refractivity contribution is 0.129. The molecule has 0 saturated heterocycles. The highest BCUT2D eigenvalue weighted by molar-refractivity contribution is 14.0. The molecule has 1 heterocycles. The zero-order valence-electron chi connectivity index (χ0n) is 12.5. The molecule has 4 nitrogen and oxygen atoms in total. The zero-order chi connectivity index (χ0) is 13.8. The lowest BCUT2D eigenvalue weighted by atomic mass is 10.2. The molecule has 1 N–H and O–H groups in total. The van der Waals surface area contributed by atoms with Gasteiger partial charge in [0.1, 0.15) is 0 Å². The van der Waals surface area contributed by atoms with E-state index in [0.29, 0.717) is 0 Å². The Labute approximate surface area is 144 Å². The number of rotatable bonds is 5. The van der Waals surface area contributed by atoms with Crippen LogP contribution in [0.25, 0.3) is 0 Å². The van der Waals surface area contributed by atoms with E-state index in [0.717, 1.165) is 44.6 Å². The summed E-state index contributed by atoms with van der Waals surface area (Å²) in [7, 11) is 1.84. The molecule has 1 aliphatic carbocycles. The quantitative estimate of drug-likeness (QED) is 0.357. The Morgan fingerprint density at radius 2 is 2.19 bits per heavy atom. The molecule has 0 amide bonds.